The molecule has 1 aromatic carbocycles. The van der Waals surface area contributed by atoms with Crippen molar-refractivity contribution >= 4 is 39.6 Å². The Balaban J connectivity index is 1.67. The minimum atomic E-state index is -0.372. The van der Waals surface area contributed by atoms with Crippen LogP contribution < -0.4 is 5.32 Å². The van der Waals surface area contributed by atoms with Crippen molar-refractivity contribution in [1.82, 2.24) is 5.32 Å². The Kier molecular flexibility index (Phi) is 7.62. The molecule has 1 saturated carbocycles. The summed E-state index contributed by atoms with van der Waals surface area (Å²) in [5, 5.41) is 3.01. The second-order valence-electron chi connectivity index (χ2n) is 6.34. The van der Waals surface area contributed by atoms with Crippen molar-refractivity contribution in [2.75, 3.05) is 12.4 Å². The number of esters is 1. The summed E-state index contributed by atoms with van der Waals surface area (Å²) in [6, 6.07) is 7.90. The first-order chi connectivity index (χ1) is 11.5. The normalized spacial score (nSPS) is 23.5. The Morgan fingerprint density at radius 1 is 1.25 bits per heavy atom. The van der Waals surface area contributed by atoms with Gasteiger partial charge in [-0.2, -0.15) is 0 Å². The van der Waals surface area contributed by atoms with Crippen LogP contribution in [0.1, 0.15) is 33.1 Å². The van der Waals surface area contributed by atoms with Gasteiger partial charge in [0.15, 0.2) is 6.61 Å². The van der Waals surface area contributed by atoms with Crippen LogP contribution in [-0.2, 0) is 14.3 Å². The summed E-state index contributed by atoms with van der Waals surface area (Å²) in [4.78, 5) is 24.7. The second-order valence-corrected chi connectivity index (χ2v) is 8.31. The zero-order valence-electron chi connectivity index (χ0n) is 14.1. The molecule has 4 nitrogen and oxygen atoms in total. The van der Waals surface area contributed by atoms with Crippen LogP contribution in [0, 0.1) is 11.8 Å². The minimum absolute atomic E-state index is 0.192. The number of thioether (sulfide) groups is 1. The monoisotopic (exact) mass is 413 g/mol. The fourth-order valence-corrected chi connectivity index (χ4v) is 3.86. The van der Waals surface area contributed by atoms with Crippen LogP contribution in [0.25, 0.3) is 0 Å². The van der Waals surface area contributed by atoms with E-state index >= 15 is 0 Å². The number of hydrogen-bond acceptors (Lipinski definition) is 4. The number of carbonyl (C=O) groups is 2. The van der Waals surface area contributed by atoms with Crippen molar-refractivity contribution < 1.29 is 14.3 Å². The number of ether oxygens (including phenoxy) is 1. The highest BCUT2D eigenvalue weighted by molar-refractivity contribution is 9.10. The zero-order valence-corrected chi connectivity index (χ0v) is 16.5. The molecule has 0 aromatic heterocycles. The molecule has 132 valence electrons. The van der Waals surface area contributed by atoms with Crippen molar-refractivity contribution in [2.24, 2.45) is 11.8 Å². The lowest BCUT2D eigenvalue weighted by Crippen LogP contribution is -2.45. The molecule has 0 unspecified atom stereocenters. The van der Waals surface area contributed by atoms with E-state index in [-0.39, 0.29) is 30.3 Å². The molecular weight excluding hydrogens is 390 g/mol. The van der Waals surface area contributed by atoms with Crippen molar-refractivity contribution in [1.29, 1.82) is 0 Å². The van der Waals surface area contributed by atoms with Gasteiger partial charge in [0.1, 0.15) is 0 Å². The van der Waals surface area contributed by atoms with Crippen molar-refractivity contribution in [2.45, 2.75) is 44.0 Å². The summed E-state index contributed by atoms with van der Waals surface area (Å²) in [6.45, 7) is 4.20. The smallest absolute Gasteiger partial charge is 0.316 e. The molecule has 0 bridgehead atoms. The summed E-state index contributed by atoms with van der Waals surface area (Å²) in [7, 11) is 0. The van der Waals surface area contributed by atoms with Gasteiger partial charge in [-0.1, -0.05) is 42.6 Å². The highest BCUT2D eigenvalue weighted by atomic mass is 79.9. The standard InChI is InChI=1S/C18H24BrNO3S/c1-12-4-3-5-16(13(12)2)20-17(21)10-23-18(22)11-24-15-8-6-14(19)7-9-15/h6-9,12-13,16H,3-5,10-11H2,1-2H3,(H,20,21)/t12-,13+,16+/m0/s1. The van der Waals surface area contributed by atoms with Crippen LogP contribution in [-0.4, -0.2) is 30.3 Å². The quantitative estimate of drug-likeness (QED) is 0.564. The van der Waals surface area contributed by atoms with Crippen molar-refractivity contribution in [3.05, 3.63) is 28.7 Å². The predicted molar refractivity (Wildman–Crippen MR) is 99.9 cm³/mol. The van der Waals surface area contributed by atoms with Gasteiger partial charge in [0, 0.05) is 15.4 Å². The van der Waals surface area contributed by atoms with E-state index in [4.69, 9.17) is 4.74 Å². The Bertz CT molecular complexity index is 564. The third-order valence-electron chi connectivity index (χ3n) is 4.59. The number of halogens is 1. The molecule has 1 N–H and O–H groups in total. The van der Waals surface area contributed by atoms with Crippen LogP contribution in [0.3, 0.4) is 0 Å². The van der Waals surface area contributed by atoms with Gasteiger partial charge in [0.2, 0.25) is 0 Å². The molecule has 0 aliphatic heterocycles. The first kappa shape index (κ1) is 19.3. The lowest BCUT2D eigenvalue weighted by Gasteiger charge is -2.34. The number of amides is 1. The fraction of sp³-hybridized carbons (Fsp3) is 0.556. The average molecular weight is 414 g/mol. The lowest BCUT2D eigenvalue weighted by molar-refractivity contribution is -0.146. The van der Waals surface area contributed by atoms with E-state index in [1.54, 1.807) is 0 Å². The summed E-state index contributed by atoms with van der Waals surface area (Å²) in [5.74, 6) is 0.706. The van der Waals surface area contributed by atoms with Gasteiger partial charge in [0.05, 0.1) is 5.75 Å². The van der Waals surface area contributed by atoms with Crippen LogP contribution >= 0.6 is 27.7 Å². The van der Waals surface area contributed by atoms with E-state index in [0.717, 1.165) is 22.2 Å². The maximum Gasteiger partial charge on any atom is 0.316 e. The Labute approximate surface area is 156 Å². The van der Waals surface area contributed by atoms with Gasteiger partial charge >= 0.3 is 5.97 Å². The molecule has 3 atom stereocenters. The number of rotatable bonds is 6. The molecule has 0 spiro atoms. The Morgan fingerprint density at radius 2 is 1.96 bits per heavy atom. The van der Waals surface area contributed by atoms with Crippen molar-refractivity contribution in [3.8, 4) is 0 Å². The van der Waals surface area contributed by atoms with Crippen LogP contribution in [0.2, 0.25) is 0 Å². The SMILES string of the molecule is C[C@@H]1[C@@H](C)CCC[C@H]1NC(=O)COC(=O)CSc1ccc(Br)cc1. The third-order valence-corrected chi connectivity index (χ3v) is 6.10. The van der Waals surface area contributed by atoms with E-state index in [2.05, 4.69) is 35.1 Å². The molecule has 1 aromatic rings. The van der Waals surface area contributed by atoms with Crippen molar-refractivity contribution in [3.63, 3.8) is 0 Å². The highest BCUT2D eigenvalue weighted by Crippen LogP contribution is 2.29. The molecular formula is C18H24BrNO3S. The predicted octanol–water partition coefficient (Wildman–Crippen LogP) is 4.03. The largest absolute Gasteiger partial charge is 0.455 e. The third kappa shape index (κ3) is 6.13. The van der Waals surface area contributed by atoms with Gasteiger partial charge in [-0.05, 0) is 42.5 Å². The van der Waals surface area contributed by atoms with E-state index in [0.29, 0.717) is 11.8 Å². The number of carbonyl (C=O) groups excluding carboxylic acids is 2. The van der Waals surface area contributed by atoms with Gasteiger partial charge in [-0.3, -0.25) is 9.59 Å². The molecule has 0 radical (unpaired) electrons. The zero-order chi connectivity index (χ0) is 17.5. The minimum Gasteiger partial charge on any atom is -0.455 e. The first-order valence-electron chi connectivity index (χ1n) is 8.29. The highest BCUT2D eigenvalue weighted by Gasteiger charge is 2.28. The molecule has 0 heterocycles. The van der Waals surface area contributed by atoms with E-state index < -0.39 is 0 Å². The first-order valence-corrected chi connectivity index (χ1v) is 10.1. The number of hydrogen-bond donors (Lipinski definition) is 1. The Hall–Kier alpha value is -1.01. The maximum absolute atomic E-state index is 12.0. The van der Waals surface area contributed by atoms with E-state index in [1.807, 2.05) is 24.3 Å². The summed E-state index contributed by atoms with van der Waals surface area (Å²) >= 11 is 4.77. The molecule has 1 amide bonds. The lowest BCUT2D eigenvalue weighted by atomic mass is 9.78. The van der Waals surface area contributed by atoms with E-state index in [1.165, 1.54) is 18.2 Å². The number of benzene rings is 1. The van der Waals surface area contributed by atoms with Crippen LogP contribution in [0.5, 0.6) is 0 Å². The number of nitrogens with one attached hydrogen (secondary N) is 1. The van der Waals surface area contributed by atoms with Crippen LogP contribution in [0.15, 0.2) is 33.6 Å². The molecule has 1 aliphatic rings. The van der Waals surface area contributed by atoms with Gasteiger partial charge < -0.3 is 10.1 Å². The van der Waals surface area contributed by atoms with Crippen LogP contribution in [0.4, 0.5) is 0 Å². The topological polar surface area (TPSA) is 55.4 Å². The summed E-state index contributed by atoms with van der Waals surface area (Å²) in [5.41, 5.74) is 0. The molecule has 0 saturated heterocycles. The summed E-state index contributed by atoms with van der Waals surface area (Å²) < 4.78 is 6.07. The molecule has 1 aliphatic carbocycles. The summed E-state index contributed by atoms with van der Waals surface area (Å²) in [6.07, 6.45) is 3.36. The average Bonchev–Trinajstić information content (AvgIpc) is 2.56. The van der Waals surface area contributed by atoms with Gasteiger partial charge in [-0.15, -0.1) is 11.8 Å². The Morgan fingerprint density at radius 3 is 2.67 bits per heavy atom. The molecule has 2 rings (SSSR count). The van der Waals surface area contributed by atoms with Gasteiger partial charge in [-0.25, -0.2) is 0 Å². The fourth-order valence-electron chi connectivity index (χ4n) is 2.89. The second kappa shape index (κ2) is 9.47. The van der Waals surface area contributed by atoms with Gasteiger partial charge in [0.25, 0.3) is 5.91 Å². The molecule has 6 heteroatoms. The molecule has 24 heavy (non-hydrogen) atoms. The maximum atomic E-state index is 12.0. The molecule has 1 fully saturated rings. The van der Waals surface area contributed by atoms with E-state index in [9.17, 15) is 9.59 Å².